The molecule has 0 spiro atoms. The highest BCUT2D eigenvalue weighted by Crippen LogP contribution is 2.38. The van der Waals surface area contributed by atoms with Crippen LogP contribution < -0.4 is 0 Å². The summed E-state index contributed by atoms with van der Waals surface area (Å²) in [5.74, 6) is 0.247. The largest absolute Gasteiger partial charge is 0.507 e. The summed E-state index contributed by atoms with van der Waals surface area (Å²) in [4.78, 5) is 0. The van der Waals surface area contributed by atoms with E-state index in [9.17, 15) is 5.11 Å². The summed E-state index contributed by atoms with van der Waals surface area (Å²) in [6.45, 7) is 0. The smallest absolute Gasteiger partial charge is 0.130 e. The van der Waals surface area contributed by atoms with Gasteiger partial charge in [-0.3, -0.25) is 0 Å². The number of thiophene rings is 1. The summed E-state index contributed by atoms with van der Waals surface area (Å²) < 4.78 is 2.52. The van der Waals surface area contributed by atoms with Crippen molar-refractivity contribution in [1.82, 2.24) is 0 Å². The molecule has 2 rings (SSSR count). The molecular weight excluding hydrogens is 260 g/mol. The molecule has 0 fully saturated rings. The van der Waals surface area contributed by atoms with E-state index in [-0.39, 0.29) is 5.75 Å². The molecule has 0 atom stereocenters. The fourth-order valence-corrected chi connectivity index (χ4v) is 2.78. The molecule has 62 valence electrons. The molecule has 0 unspecified atom stereocenters. The summed E-state index contributed by atoms with van der Waals surface area (Å²) in [7, 11) is 0. The Labute approximate surface area is 86.7 Å². The molecular formula is C8H4BrClOS. The molecule has 2 aromatic rings. The van der Waals surface area contributed by atoms with E-state index < -0.39 is 0 Å². The van der Waals surface area contributed by atoms with Crippen LogP contribution in [0.4, 0.5) is 0 Å². The van der Waals surface area contributed by atoms with Crippen molar-refractivity contribution in [3.63, 3.8) is 0 Å². The van der Waals surface area contributed by atoms with E-state index in [0.29, 0.717) is 4.47 Å². The van der Waals surface area contributed by atoms with Crippen molar-refractivity contribution in [2.24, 2.45) is 0 Å². The van der Waals surface area contributed by atoms with Crippen LogP contribution in [-0.2, 0) is 0 Å². The lowest BCUT2D eigenvalue weighted by Crippen LogP contribution is -1.68. The lowest BCUT2D eigenvalue weighted by Gasteiger charge is -1.96. The Morgan fingerprint density at radius 3 is 2.92 bits per heavy atom. The maximum absolute atomic E-state index is 9.34. The number of hydrogen-bond donors (Lipinski definition) is 1. The predicted octanol–water partition coefficient (Wildman–Crippen LogP) is 4.02. The van der Waals surface area contributed by atoms with Gasteiger partial charge in [-0.15, -0.1) is 11.3 Å². The number of rotatable bonds is 0. The van der Waals surface area contributed by atoms with Gasteiger partial charge in [0.25, 0.3) is 0 Å². The fraction of sp³-hybridized carbons (Fsp3) is 0. The number of halogens is 2. The van der Waals surface area contributed by atoms with Crippen molar-refractivity contribution in [2.75, 3.05) is 0 Å². The second kappa shape index (κ2) is 2.91. The SMILES string of the molecule is Oc1ccc2sc(Cl)cc2c1Br. The Hall–Kier alpha value is -0.250. The molecule has 0 saturated carbocycles. The van der Waals surface area contributed by atoms with Crippen LogP contribution in [0.5, 0.6) is 5.75 Å². The third kappa shape index (κ3) is 1.22. The quantitative estimate of drug-likeness (QED) is 0.761. The van der Waals surface area contributed by atoms with E-state index in [1.165, 1.54) is 11.3 Å². The summed E-state index contributed by atoms with van der Waals surface area (Å²) >= 11 is 10.6. The minimum Gasteiger partial charge on any atom is -0.507 e. The summed E-state index contributed by atoms with van der Waals surface area (Å²) in [5, 5.41) is 10.3. The lowest BCUT2D eigenvalue weighted by molar-refractivity contribution is 0.473. The van der Waals surface area contributed by atoms with Crippen LogP contribution in [0.2, 0.25) is 4.34 Å². The highest BCUT2D eigenvalue weighted by molar-refractivity contribution is 9.10. The predicted molar refractivity (Wildman–Crippen MR) is 56.2 cm³/mol. The maximum atomic E-state index is 9.34. The molecule has 1 N–H and O–H groups in total. The minimum atomic E-state index is 0.247. The van der Waals surface area contributed by atoms with E-state index in [0.717, 1.165) is 14.4 Å². The van der Waals surface area contributed by atoms with Crippen molar-refractivity contribution in [3.05, 3.63) is 27.0 Å². The molecule has 1 aromatic heterocycles. The lowest BCUT2D eigenvalue weighted by atomic mass is 10.2. The number of hydrogen-bond acceptors (Lipinski definition) is 2. The molecule has 0 saturated heterocycles. The van der Waals surface area contributed by atoms with Gasteiger partial charge in [0.15, 0.2) is 0 Å². The molecule has 0 aliphatic carbocycles. The van der Waals surface area contributed by atoms with Crippen LogP contribution in [0.3, 0.4) is 0 Å². The molecule has 4 heteroatoms. The van der Waals surface area contributed by atoms with E-state index in [2.05, 4.69) is 15.9 Å². The van der Waals surface area contributed by atoms with Gasteiger partial charge in [-0.1, -0.05) is 11.6 Å². The molecule has 1 aromatic carbocycles. The van der Waals surface area contributed by atoms with Gasteiger partial charge in [-0.25, -0.2) is 0 Å². The van der Waals surface area contributed by atoms with Crippen molar-refractivity contribution in [2.45, 2.75) is 0 Å². The minimum absolute atomic E-state index is 0.247. The van der Waals surface area contributed by atoms with Crippen molar-refractivity contribution >= 4 is 49.0 Å². The Bertz CT molecular complexity index is 438. The van der Waals surface area contributed by atoms with Gasteiger partial charge >= 0.3 is 0 Å². The van der Waals surface area contributed by atoms with Crippen molar-refractivity contribution < 1.29 is 5.11 Å². The molecule has 0 aliphatic rings. The van der Waals surface area contributed by atoms with Gasteiger partial charge in [-0.2, -0.15) is 0 Å². The molecule has 1 nitrogen and oxygen atoms in total. The van der Waals surface area contributed by atoms with E-state index in [1.54, 1.807) is 6.07 Å². The molecule has 0 amide bonds. The van der Waals surface area contributed by atoms with Crippen LogP contribution in [-0.4, -0.2) is 5.11 Å². The second-order valence-corrected chi connectivity index (χ2v) is 4.87. The molecule has 1 heterocycles. The van der Waals surface area contributed by atoms with Crippen LogP contribution in [0.15, 0.2) is 22.7 Å². The van der Waals surface area contributed by atoms with Gasteiger partial charge in [0.2, 0.25) is 0 Å². The highest BCUT2D eigenvalue weighted by Gasteiger charge is 2.06. The first kappa shape index (κ1) is 8.35. The van der Waals surface area contributed by atoms with Gasteiger partial charge in [0, 0.05) is 10.1 Å². The molecule has 12 heavy (non-hydrogen) atoms. The Kier molecular flexibility index (Phi) is 2.02. The monoisotopic (exact) mass is 262 g/mol. The number of aromatic hydroxyl groups is 1. The van der Waals surface area contributed by atoms with E-state index in [1.807, 2.05) is 12.1 Å². The first-order chi connectivity index (χ1) is 5.68. The zero-order valence-corrected chi connectivity index (χ0v) is 9.00. The third-order valence-electron chi connectivity index (χ3n) is 1.58. The molecule has 0 aliphatic heterocycles. The molecule has 0 bridgehead atoms. The third-order valence-corrected chi connectivity index (χ3v) is 3.65. The highest BCUT2D eigenvalue weighted by atomic mass is 79.9. The Morgan fingerprint density at radius 1 is 1.42 bits per heavy atom. The standard InChI is InChI=1S/C8H4BrClOS/c9-8-4-3-7(10)12-6(4)2-1-5(8)11/h1-3,11H. The van der Waals surface area contributed by atoms with Gasteiger partial charge in [0.05, 0.1) is 8.81 Å². The maximum Gasteiger partial charge on any atom is 0.130 e. The number of phenols is 1. The first-order valence-electron chi connectivity index (χ1n) is 3.25. The molecule has 0 radical (unpaired) electrons. The topological polar surface area (TPSA) is 20.2 Å². The van der Waals surface area contributed by atoms with E-state index in [4.69, 9.17) is 11.6 Å². The summed E-state index contributed by atoms with van der Waals surface area (Å²) in [6, 6.07) is 5.34. The Balaban J connectivity index is 2.89. The van der Waals surface area contributed by atoms with Crippen molar-refractivity contribution in [1.29, 1.82) is 0 Å². The van der Waals surface area contributed by atoms with Crippen LogP contribution in [0.25, 0.3) is 10.1 Å². The number of fused-ring (bicyclic) bond motifs is 1. The first-order valence-corrected chi connectivity index (χ1v) is 5.24. The van der Waals surface area contributed by atoms with Gasteiger partial charge in [0.1, 0.15) is 5.75 Å². The van der Waals surface area contributed by atoms with Gasteiger partial charge < -0.3 is 5.11 Å². The summed E-state index contributed by atoms with van der Waals surface area (Å²) in [5.41, 5.74) is 0. The zero-order valence-electron chi connectivity index (χ0n) is 5.84. The Morgan fingerprint density at radius 2 is 2.17 bits per heavy atom. The average Bonchev–Trinajstić information content (AvgIpc) is 2.39. The van der Waals surface area contributed by atoms with E-state index >= 15 is 0 Å². The number of phenolic OH excluding ortho intramolecular Hbond substituents is 1. The van der Waals surface area contributed by atoms with Crippen LogP contribution >= 0.6 is 38.9 Å². The van der Waals surface area contributed by atoms with Crippen LogP contribution in [0.1, 0.15) is 0 Å². The zero-order chi connectivity index (χ0) is 8.72. The average molecular weight is 264 g/mol. The van der Waals surface area contributed by atoms with Gasteiger partial charge in [-0.05, 0) is 34.1 Å². The fourth-order valence-electron chi connectivity index (χ4n) is 1.04. The number of benzene rings is 1. The van der Waals surface area contributed by atoms with Crippen molar-refractivity contribution in [3.8, 4) is 5.75 Å². The van der Waals surface area contributed by atoms with Crippen LogP contribution in [0, 0.1) is 0 Å². The second-order valence-electron chi connectivity index (χ2n) is 2.36. The normalized spacial score (nSPS) is 10.8. The summed E-state index contributed by atoms with van der Waals surface area (Å²) in [6.07, 6.45) is 0.